The van der Waals surface area contributed by atoms with Gasteiger partial charge in [0.25, 0.3) is 5.91 Å². The molecule has 4 nitrogen and oxygen atoms in total. The van der Waals surface area contributed by atoms with Crippen LogP contribution in [0.5, 0.6) is 5.75 Å². The van der Waals surface area contributed by atoms with Crippen LogP contribution in [0.4, 0.5) is 5.69 Å². The second-order valence-corrected chi connectivity index (χ2v) is 7.63. The summed E-state index contributed by atoms with van der Waals surface area (Å²) in [5, 5.41) is 2.99. The molecular formula is C23H26N2O2. The highest BCUT2D eigenvalue weighted by molar-refractivity contribution is 6.05. The zero-order valence-electron chi connectivity index (χ0n) is 16.5. The Morgan fingerprint density at radius 2 is 1.63 bits per heavy atom. The topological polar surface area (TPSA) is 43.3 Å². The molecule has 140 valence electrons. The van der Waals surface area contributed by atoms with Crippen LogP contribution in [-0.2, 0) is 5.41 Å². The highest BCUT2D eigenvalue weighted by Crippen LogP contribution is 2.31. The van der Waals surface area contributed by atoms with E-state index in [0.29, 0.717) is 5.56 Å². The Morgan fingerprint density at radius 3 is 2.19 bits per heavy atom. The SMILES string of the molecule is COc1ccc(NC(=O)c2cc(C(C)(C)C)n(-c3ccccc3)c2C)cc1. The molecule has 0 radical (unpaired) electrons. The van der Waals surface area contributed by atoms with Crippen molar-refractivity contribution in [2.75, 3.05) is 12.4 Å². The van der Waals surface area contributed by atoms with Crippen LogP contribution in [0.25, 0.3) is 5.69 Å². The van der Waals surface area contributed by atoms with Crippen LogP contribution in [0.1, 0.15) is 42.5 Å². The van der Waals surface area contributed by atoms with Crippen molar-refractivity contribution < 1.29 is 9.53 Å². The number of ether oxygens (including phenoxy) is 1. The summed E-state index contributed by atoms with van der Waals surface area (Å²) in [5.74, 6) is 0.646. The molecule has 27 heavy (non-hydrogen) atoms. The molecule has 2 aromatic carbocycles. The van der Waals surface area contributed by atoms with E-state index < -0.39 is 0 Å². The van der Waals surface area contributed by atoms with Gasteiger partial charge in [0, 0.05) is 28.2 Å². The lowest BCUT2D eigenvalue weighted by molar-refractivity contribution is 0.102. The largest absolute Gasteiger partial charge is 0.497 e. The van der Waals surface area contributed by atoms with Gasteiger partial charge in [-0.1, -0.05) is 39.0 Å². The fourth-order valence-electron chi connectivity index (χ4n) is 3.17. The van der Waals surface area contributed by atoms with E-state index in [0.717, 1.165) is 28.5 Å². The summed E-state index contributed by atoms with van der Waals surface area (Å²) in [7, 11) is 1.62. The Kier molecular flexibility index (Phi) is 5.08. The Labute approximate surface area is 160 Å². The average molecular weight is 362 g/mol. The van der Waals surface area contributed by atoms with E-state index in [1.807, 2.05) is 55.5 Å². The van der Waals surface area contributed by atoms with E-state index in [2.05, 4.69) is 42.8 Å². The molecule has 0 bridgehead atoms. The molecule has 3 rings (SSSR count). The summed E-state index contributed by atoms with van der Waals surface area (Å²) in [5.41, 5.74) is 4.41. The third kappa shape index (κ3) is 3.90. The Morgan fingerprint density at radius 1 is 1.00 bits per heavy atom. The number of hydrogen-bond donors (Lipinski definition) is 1. The van der Waals surface area contributed by atoms with Crippen LogP contribution in [0.3, 0.4) is 0 Å². The third-order valence-electron chi connectivity index (χ3n) is 4.62. The maximum atomic E-state index is 13.0. The zero-order valence-corrected chi connectivity index (χ0v) is 16.5. The Hall–Kier alpha value is -3.01. The van der Waals surface area contributed by atoms with E-state index in [4.69, 9.17) is 4.74 Å². The summed E-state index contributed by atoms with van der Waals surface area (Å²) >= 11 is 0. The molecule has 0 fully saturated rings. The highest BCUT2D eigenvalue weighted by Gasteiger charge is 2.25. The molecule has 1 amide bonds. The lowest BCUT2D eigenvalue weighted by Crippen LogP contribution is -2.17. The fourth-order valence-corrected chi connectivity index (χ4v) is 3.17. The van der Waals surface area contributed by atoms with E-state index >= 15 is 0 Å². The van der Waals surface area contributed by atoms with Gasteiger partial charge in [0.05, 0.1) is 12.7 Å². The molecule has 0 aliphatic rings. The second kappa shape index (κ2) is 7.31. The molecule has 1 heterocycles. The predicted octanol–water partition coefficient (Wildman–Crippen LogP) is 5.34. The van der Waals surface area contributed by atoms with Gasteiger partial charge in [-0.15, -0.1) is 0 Å². The molecule has 0 unspecified atom stereocenters. The van der Waals surface area contributed by atoms with Crippen LogP contribution in [0, 0.1) is 6.92 Å². The molecule has 0 aliphatic carbocycles. The van der Waals surface area contributed by atoms with Crippen molar-refractivity contribution in [1.82, 2.24) is 4.57 Å². The number of rotatable bonds is 4. The maximum absolute atomic E-state index is 13.0. The van der Waals surface area contributed by atoms with E-state index in [1.165, 1.54) is 0 Å². The average Bonchev–Trinajstić information content (AvgIpc) is 3.01. The van der Waals surface area contributed by atoms with E-state index in [1.54, 1.807) is 7.11 Å². The third-order valence-corrected chi connectivity index (χ3v) is 4.62. The zero-order chi connectivity index (χ0) is 19.6. The first-order valence-electron chi connectivity index (χ1n) is 9.05. The quantitative estimate of drug-likeness (QED) is 0.680. The number of methoxy groups -OCH3 is 1. The standard InChI is InChI=1S/C23H26N2O2/c1-16-20(22(26)24-17-11-13-19(27-5)14-12-17)15-21(23(2,3)4)25(16)18-9-7-6-8-10-18/h6-15H,1-5H3,(H,24,26). The summed E-state index contributed by atoms with van der Waals surface area (Å²) in [4.78, 5) is 13.0. The number of nitrogens with one attached hydrogen (secondary N) is 1. The molecule has 1 N–H and O–H groups in total. The van der Waals surface area contributed by atoms with Gasteiger partial charge < -0.3 is 14.6 Å². The first-order valence-corrected chi connectivity index (χ1v) is 9.05. The number of benzene rings is 2. The van der Waals surface area contributed by atoms with Crippen molar-refractivity contribution in [2.24, 2.45) is 0 Å². The normalized spacial score (nSPS) is 11.3. The summed E-state index contributed by atoms with van der Waals surface area (Å²) in [6, 6.07) is 19.5. The smallest absolute Gasteiger partial charge is 0.257 e. The number of aromatic nitrogens is 1. The molecule has 0 aliphatic heterocycles. The fraction of sp³-hybridized carbons (Fsp3) is 0.261. The van der Waals surface area contributed by atoms with Crippen molar-refractivity contribution in [2.45, 2.75) is 33.1 Å². The van der Waals surface area contributed by atoms with E-state index in [-0.39, 0.29) is 11.3 Å². The van der Waals surface area contributed by atoms with Gasteiger partial charge >= 0.3 is 0 Å². The Bertz CT molecular complexity index is 933. The van der Waals surface area contributed by atoms with Crippen LogP contribution in [-0.4, -0.2) is 17.6 Å². The molecule has 0 saturated carbocycles. The minimum Gasteiger partial charge on any atom is -0.497 e. The number of hydrogen-bond acceptors (Lipinski definition) is 2. The molecular weight excluding hydrogens is 336 g/mol. The molecule has 1 aromatic heterocycles. The van der Waals surface area contributed by atoms with Crippen LogP contribution in [0.2, 0.25) is 0 Å². The number of carbonyl (C=O) groups excluding carboxylic acids is 1. The summed E-state index contributed by atoms with van der Waals surface area (Å²) in [6.07, 6.45) is 0. The van der Waals surface area contributed by atoms with Gasteiger partial charge in [-0.05, 0) is 49.4 Å². The van der Waals surface area contributed by atoms with Crippen molar-refractivity contribution in [1.29, 1.82) is 0 Å². The second-order valence-electron chi connectivity index (χ2n) is 7.63. The van der Waals surface area contributed by atoms with Crippen molar-refractivity contribution in [3.8, 4) is 11.4 Å². The summed E-state index contributed by atoms with van der Waals surface area (Å²) in [6.45, 7) is 8.47. The van der Waals surface area contributed by atoms with Crippen LogP contribution >= 0.6 is 0 Å². The molecule has 3 aromatic rings. The number of nitrogens with zero attached hydrogens (tertiary/aromatic N) is 1. The van der Waals surface area contributed by atoms with Crippen molar-refractivity contribution >= 4 is 11.6 Å². The first-order chi connectivity index (χ1) is 12.8. The Balaban J connectivity index is 2.00. The number of carbonyl (C=O) groups is 1. The van der Waals surface area contributed by atoms with Crippen molar-refractivity contribution in [3.05, 3.63) is 77.6 Å². The molecule has 0 saturated heterocycles. The minimum atomic E-state index is -0.113. The van der Waals surface area contributed by atoms with Crippen molar-refractivity contribution in [3.63, 3.8) is 0 Å². The van der Waals surface area contributed by atoms with Gasteiger partial charge in [-0.3, -0.25) is 4.79 Å². The van der Waals surface area contributed by atoms with Crippen LogP contribution in [0.15, 0.2) is 60.7 Å². The lowest BCUT2D eigenvalue weighted by Gasteiger charge is -2.22. The highest BCUT2D eigenvalue weighted by atomic mass is 16.5. The lowest BCUT2D eigenvalue weighted by atomic mass is 9.91. The number of para-hydroxylation sites is 1. The number of amides is 1. The predicted molar refractivity (Wildman–Crippen MR) is 110 cm³/mol. The minimum absolute atomic E-state index is 0.0980. The van der Waals surface area contributed by atoms with Gasteiger partial charge in [-0.2, -0.15) is 0 Å². The molecule has 0 atom stereocenters. The first kappa shape index (κ1) is 18.8. The number of anilines is 1. The molecule has 0 spiro atoms. The van der Waals surface area contributed by atoms with Gasteiger partial charge in [-0.25, -0.2) is 0 Å². The van der Waals surface area contributed by atoms with Gasteiger partial charge in [0.2, 0.25) is 0 Å². The molecule has 4 heteroatoms. The monoisotopic (exact) mass is 362 g/mol. The maximum Gasteiger partial charge on any atom is 0.257 e. The van der Waals surface area contributed by atoms with Crippen LogP contribution < -0.4 is 10.1 Å². The van der Waals surface area contributed by atoms with E-state index in [9.17, 15) is 4.79 Å². The van der Waals surface area contributed by atoms with Gasteiger partial charge in [0.1, 0.15) is 5.75 Å². The summed E-state index contributed by atoms with van der Waals surface area (Å²) < 4.78 is 7.34. The van der Waals surface area contributed by atoms with Gasteiger partial charge in [0.15, 0.2) is 0 Å².